The minimum Gasteiger partial charge on any atom is -0.392 e. The van der Waals surface area contributed by atoms with Crippen LogP contribution >= 0.6 is 11.6 Å². The van der Waals surface area contributed by atoms with Crippen LogP contribution in [0, 0.1) is 0 Å². The van der Waals surface area contributed by atoms with Gasteiger partial charge in [-0.1, -0.05) is 23.7 Å². The Morgan fingerprint density at radius 1 is 1.12 bits per heavy atom. The molecule has 3 rings (SSSR count). The molecule has 0 aliphatic rings. The van der Waals surface area contributed by atoms with Gasteiger partial charge in [0.15, 0.2) is 5.82 Å². The second-order valence-corrected chi connectivity index (χ2v) is 5.88. The third-order valence-electron chi connectivity index (χ3n) is 3.36. The first-order chi connectivity index (χ1) is 11.6. The maximum absolute atomic E-state index is 9.49. The molecule has 1 aromatic carbocycles. The summed E-state index contributed by atoms with van der Waals surface area (Å²) in [5.74, 6) is 1.22. The normalized spacial score (nSPS) is 12.0. The Labute approximate surface area is 145 Å². The molecule has 3 aromatic rings. The van der Waals surface area contributed by atoms with Crippen LogP contribution < -0.4 is 5.32 Å². The fourth-order valence-electron chi connectivity index (χ4n) is 2.18. The smallest absolute Gasteiger partial charge is 0.163 e. The number of hydrogen-bond donors (Lipinski definition) is 2. The standard InChI is InChI=1S/C18H17ClN4O/c1-12(24)10-21-17-9-16(13-4-6-15(19)7-5-13)22-18(23-17)14-3-2-8-20-11-14/h2-9,11-12,24H,10H2,1H3,(H,21,22,23)/t12-/m0/s1. The summed E-state index contributed by atoms with van der Waals surface area (Å²) in [7, 11) is 0. The van der Waals surface area contributed by atoms with Crippen molar-refractivity contribution in [1.29, 1.82) is 0 Å². The van der Waals surface area contributed by atoms with Crippen molar-refractivity contribution >= 4 is 17.4 Å². The number of nitrogens with one attached hydrogen (secondary N) is 1. The van der Waals surface area contributed by atoms with Gasteiger partial charge in [0, 0.05) is 41.2 Å². The van der Waals surface area contributed by atoms with E-state index in [4.69, 9.17) is 11.6 Å². The number of nitrogens with zero attached hydrogens (tertiary/aromatic N) is 3. The van der Waals surface area contributed by atoms with E-state index >= 15 is 0 Å². The van der Waals surface area contributed by atoms with E-state index in [2.05, 4.69) is 20.3 Å². The zero-order valence-corrected chi connectivity index (χ0v) is 13.9. The second kappa shape index (κ2) is 7.38. The average Bonchev–Trinajstić information content (AvgIpc) is 2.61. The molecule has 0 bridgehead atoms. The van der Waals surface area contributed by atoms with Gasteiger partial charge in [0.2, 0.25) is 0 Å². The number of halogens is 1. The van der Waals surface area contributed by atoms with Crippen molar-refractivity contribution < 1.29 is 5.11 Å². The summed E-state index contributed by atoms with van der Waals surface area (Å²) in [6.07, 6.45) is 2.96. The molecule has 0 aliphatic carbocycles. The van der Waals surface area contributed by atoms with Crippen LogP contribution in [-0.2, 0) is 0 Å². The van der Waals surface area contributed by atoms with Crippen molar-refractivity contribution in [2.24, 2.45) is 0 Å². The first-order valence-electron chi connectivity index (χ1n) is 7.59. The lowest BCUT2D eigenvalue weighted by molar-refractivity contribution is 0.208. The molecule has 2 N–H and O–H groups in total. The molecular formula is C18H17ClN4O. The number of hydrogen-bond acceptors (Lipinski definition) is 5. The van der Waals surface area contributed by atoms with Gasteiger partial charge in [-0.25, -0.2) is 9.97 Å². The van der Waals surface area contributed by atoms with Gasteiger partial charge < -0.3 is 10.4 Å². The molecular weight excluding hydrogens is 324 g/mol. The molecule has 0 unspecified atom stereocenters. The number of aromatic nitrogens is 3. The van der Waals surface area contributed by atoms with Crippen LogP contribution in [0.15, 0.2) is 54.9 Å². The summed E-state index contributed by atoms with van der Waals surface area (Å²) in [5, 5.41) is 13.3. The lowest BCUT2D eigenvalue weighted by Crippen LogP contribution is -2.16. The molecule has 0 spiro atoms. The molecule has 0 saturated heterocycles. The summed E-state index contributed by atoms with van der Waals surface area (Å²) in [4.78, 5) is 13.3. The van der Waals surface area contributed by atoms with E-state index in [1.54, 1.807) is 19.3 Å². The molecule has 2 heterocycles. The minimum atomic E-state index is -0.471. The summed E-state index contributed by atoms with van der Waals surface area (Å²) in [5.41, 5.74) is 2.54. The molecule has 1 atom stereocenters. The second-order valence-electron chi connectivity index (χ2n) is 5.44. The Morgan fingerprint density at radius 2 is 1.92 bits per heavy atom. The van der Waals surface area contributed by atoms with Crippen molar-refractivity contribution in [2.45, 2.75) is 13.0 Å². The van der Waals surface area contributed by atoms with Crippen molar-refractivity contribution in [2.75, 3.05) is 11.9 Å². The predicted molar refractivity (Wildman–Crippen MR) is 95.9 cm³/mol. The summed E-state index contributed by atoms with van der Waals surface area (Å²) in [6.45, 7) is 2.12. The van der Waals surface area contributed by atoms with E-state index in [0.29, 0.717) is 23.2 Å². The molecule has 0 saturated carbocycles. The van der Waals surface area contributed by atoms with Crippen LogP contribution in [-0.4, -0.2) is 32.7 Å². The van der Waals surface area contributed by atoms with E-state index in [1.807, 2.05) is 42.5 Å². The largest absolute Gasteiger partial charge is 0.392 e. The third kappa shape index (κ3) is 4.07. The molecule has 0 fully saturated rings. The molecule has 0 aliphatic heterocycles. The zero-order chi connectivity index (χ0) is 16.9. The van der Waals surface area contributed by atoms with Crippen LogP contribution in [0.4, 0.5) is 5.82 Å². The third-order valence-corrected chi connectivity index (χ3v) is 3.62. The monoisotopic (exact) mass is 340 g/mol. The van der Waals surface area contributed by atoms with Gasteiger partial charge in [-0.05, 0) is 31.2 Å². The van der Waals surface area contributed by atoms with Crippen molar-refractivity contribution in [3.05, 3.63) is 59.9 Å². The van der Waals surface area contributed by atoms with E-state index in [-0.39, 0.29) is 0 Å². The van der Waals surface area contributed by atoms with E-state index in [0.717, 1.165) is 16.8 Å². The highest BCUT2D eigenvalue weighted by Gasteiger charge is 2.09. The number of aliphatic hydroxyl groups is 1. The highest BCUT2D eigenvalue weighted by Crippen LogP contribution is 2.25. The number of anilines is 1. The van der Waals surface area contributed by atoms with Crippen molar-refractivity contribution in [3.63, 3.8) is 0 Å². The molecule has 0 amide bonds. The van der Waals surface area contributed by atoms with E-state index in [1.165, 1.54) is 0 Å². The fourth-order valence-corrected chi connectivity index (χ4v) is 2.31. The first-order valence-corrected chi connectivity index (χ1v) is 7.97. The fraction of sp³-hybridized carbons (Fsp3) is 0.167. The number of aliphatic hydroxyl groups excluding tert-OH is 1. The van der Waals surface area contributed by atoms with Crippen LogP contribution in [0.5, 0.6) is 0 Å². The Hall–Kier alpha value is -2.50. The van der Waals surface area contributed by atoms with Crippen molar-refractivity contribution in [3.8, 4) is 22.6 Å². The topological polar surface area (TPSA) is 70.9 Å². The average molecular weight is 341 g/mol. The van der Waals surface area contributed by atoms with Gasteiger partial charge in [0.1, 0.15) is 5.82 Å². The quantitative estimate of drug-likeness (QED) is 0.741. The lowest BCUT2D eigenvalue weighted by Gasteiger charge is -2.11. The van der Waals surface area contributed by atoms with E-state index < -0.39 is 6.10 Å². The van der Waals surface area contributed by atoms with Gasteiger partial charge in [-0.3, -0.25) is 4.98 Å². The number of benzene rings is 1. The SMILES string of the molecule is C[C@H](O)CNc1cc(-c2ccc(Cl)cc2)nc(-c2cccnc2)n1. The van der Waals surface area contributed by atoms with Gasteiger partial charge in [-0.15, -0.1) is 0 Å². The number of rotatable bonds is 5. The first kappa shape index (κ1) is 16.4. The molecule has 6 heteroatoms. The molecule has 5 nitrogen and oxygen atoms in total. The van der Waals surface area contributed by atoms with Gasteiger partial charge >= 0.3 is 0 Å². The van der Waals surface area contributed by atoms with Crippen molar-refractivity contribution in [1.82, 2.24) is 15.0 Å². The van der Waals surface area contributed by atoms with Crippen LogP contribution in [0.25, 0.3) is 22.6 Å². The molecule has 24 heavy (non-hydrogen) atoms. The minimum absolute atomic E-state index is 0.406. The summed E-state index contributed by atoms with van der Waals surface area (Å²) in [6, 6.07) is 13.1. The Kier molecular flexibility index (Phi) is 5.03. The maximum atomic E-state index is 9.49. The highest BCUT2D eigenvalue weighted by molar-refractivity contribution is 6.30. The summed E-state index contributed by atoms with van der Waals surface area (Å²) >= 11 is 5.96. The molecule has 2 aromatic heterocycles. The van der Waals surface area contributed by atoms with Gasteiger partial charge in [-0.2, -0.15) is 0 Å². The maximum Gasteiger partial charge on any atom is 0.163 e. The number of pyridine rings is 1. The highest BCUT2D eigenvalue weighted by atomic mass is 35.5. The summed E-state index contributed by atoms with van der Waals surface area (Å²) < 4.78 is 0. The lowest BCUT2D eigenvalue weighted by atomic mass is 10.1. The van der Waals surface area contributed by atoms with Gasteiger partial charge in [0.25, 0.3) is 0 Å². The van der Waals surface area contributed by atoms with Crippen LogP contribution in [0.3, 0.4) is 0 Å². The van der Waals surface area contributed by atoms with Crippen LogP contribution in [0.1, 0.15) is 6.92 Å². The Balaban J connectivity index is 2.04. The van der Waals surface area contributed by atoms with E-state index in [9.17, 15) is 5.11 Å². The Bertz CT molecular complexity index is 807. The molecule has 122 valence electrons. The Morgan fingerprint density at radius 3 is 2.58 bits per heavy atom. The predicted octanol–water partition coefficient (Wildman–Crippen LogP) is 3.65. The van der Waals surface area contributed by atoms with Gasteiger partial charge in [0.05, 0.1) is 11.8 Å². The van der Waals surface area contributed by atoms with Crippen LogP contribution in [0.2, 0.25) is 5.02 Å². The zero-order valence-electron chi connectivity index (χ0n) is 13.1. The molecule has 0 radical (unpaired) electrons.